The second-order valence-corrected chi connectivity index (χ2v) is 6.50. The van der Waals surface area contributed by atoms with E-state index in [0.717, 1.165) is 25.4 Å². The van der Waals surface area contributed by atoms with Crippen molar-refractivity contribution in [2.75, 3.05) is 5.75 Å². The van der Waals surface area contributed by atoms with Gasteiger partial charge in [-0.1, -0.05) is 0 Å². The summed E-state index contributed by atoms with van der Waals surface area (Å²) in [5.41, 5.74) is 0. The smallest absolute Gasteiger partial charge is 0.159 e. The molecule has 0 fully saturated rings. The SMILES string of the molecule is N#CC1CSc2[nH]c(=S)sc2C1c1ccco1. The van der Waals surface area contributed by atoms with Crippen LogP contribution in [0.4, 0.5) is 0 Å². The number of rotatable bonds is 1. The zero-order valence-electron chi connectivity index (χ0n) is 8.67. The third-order valence-corrected chi connectivity index (χ3v) is 5.33. The van der Waals surface area contributed by atoms with Gasteiger partial charge in [0.05, 0.1) is 29.2 Å². The quantitative estimate of drug-likeness (QED) is 0.808. The maximum atomic E-state index is 9.26. The number of nitriles is 1. The zero-order valence-corrected chi connectivity index (χ0v) is 11.1. The molecule has 2 unspecified atom stereocenters. The molecule has 2 aromatic heterocycles. The molecule has 1 aliphatic heterocycles. The molecule has 0 radical (unpaired) electrons. The Morgan fingerprint density at radius 1 is 1.59 bits per heavy atom. The number of aromatic nitrogens is 1. The van der Waals surface area contributed by atoms with Gasteiger partial charge < -0.3 is 9.40 Å². The summed E-state index contributed by atoms with van der Waals surface area (Å²) in [6, 6.07) is 6.16. The van der Waals surface area contributed by atoms with Gasteiger partial charge in [-0.3, -0.25) is 0 Å². The molecular formula is C11H8N2OS3. The molecule has 3 rings (SSSR count). The number of thioether (sulfide) groups is 1. The number of nitrogens with one attached hydrogen (secondary N) is 1. The third-order valence-electron chi connectivity index (χ3n) is 2.75. The fourth-order valence-corrected chi connectivity index (χ4v) is 4.76. The molecule has 3 nitrogen and oxygen atoms in total. The van der Waals surface area contributed by atoms with E-state index in [0.29, 0.717) is 0 Å². The normalized spacial score (nSPS) is 23.0. The van der Waals surface area contributed by atoms with E-state index in [1.807, 2.05) is 12.1 Å². The average Bonchev–Trinajstić information content (AvgIpc) is 2.94. The van der Waals surface area contributed by atoms with Crippen molar-refractivity contribution < 1.29 is 4.42 Å². The van der Waals surface area contributed by atoms with Crippen LogP contribution in [0.2, 0.25) is 0 Å². The Morgan fingerprint density at radius 3 is 3.18 bits per heavy atom. The van der Waals surface area contributed by atoms with Crippen LogP contribution in [0.3, 0.4) is 0 Å². The van der Waals surface area contributed by atoms with Crippen molar-refractivity contribution in [3.8, 4) is 6.07 Å². The van der Waals surface area contributed by atoms with Gasteiger partial charge in [-0.2, -0.15) is 5.26 Å². The first-order valence-corrected chi connectivity index (χ1v) is 7.29. The van der Waals surface area contributed by atoms with E-state index in [-0.39, 0.29) is 11.8 Å². The van der Waals surface area contributed by atoms with Crippen molar-refractivity contribution in [3.05, 3.63) is 33.0 Å². The molecule has 6 heteroatoms. The van der Waals surface area contributed by atoms with Crippen LogP contribution in [0.25, 0.3) is 0 Å². The molecule has 0 bridgehead atoms. The van der Waals surface area contributed by atoms with E-state index in [1.165, 1.54) is 0 Å². The highest BCUT2D eigenvalue weighted by atomic mass is 32.2. The summed E-state index contributed by atoms with van der Waals surface area (Å²) in [5.74, 6) is 1.59. The van der Waals surface area contributed by atoms with Gasteiger partial charge in [0.2, 0.25) is 0 Å². The highest BCUT2D eigenvalue weighted by molar-refractivity contribution is 7.99. The second-order valence-electron chi connectivity index (χ2n) is 3.75. The molecule has 17 heavy (non-hydrogen) atoms. The molecule has 0 aliphatic carbocycles. The van der Waals surface area contributed by atoms with Crippen LogP contribution in [-0.4, -0.2) is 10.7 Å². The summed E-state index contributed by atoms with van der Waals surface area (Å²) in [7, 11) is 0. The van der Waals surface area contributed by atoms with Crippen LogP contribution >= 0.6 is 35.3 Å². The highest BCUT2D eigenvalue weighted by Crippen LogP contribution is 2.46. The molecule has 1 N–H and O–H groups in total. The Labute approximate surface area is 111 Å². The number of thiazole rings is 1. The maximum Gasteiger partial charge on any atom is 0.159 e. The van der Waals surface area contributed by atoms with Crippen molar-refractivity contribution in [3.63, 3.8) is 0 Å². The van der Waals surface area contributed by atoms with Crippen LogP contribution in [0.5, 0.6) is 0 Å². The summed E-state index contributed by atoms with van der Waals surface area (Å²) in [6.07, 6.45) is 1.65. The minimum Gasteiger partial charge on any atom is -0.469 e. The lowest BCUT2D eigenvalue weighted by Gasteiger charge is -2.24. The molecular weight excluding hydrogens is 272 g/mol. The first kappa shape index (κ1) is 11.1. The molecule has 0 aromatic carbocycles. The third kappa shape index (κ3) is 1.84. The van der Waals surface area contributed by atoms with Gasteiger partial charge in [-0.15, -0.1) is 23.1 Å². The van der Waals surface area contributed by atoms with E-state index < -0.39 is 0 Å². The van der Waals surface area contributed by atoms with Gasteiger partial charge in [0.25, 0.3) is 0 Å². The molecule has 1 aliphatic rings. The number of fused-ring (bicyclic) bond motifs is 1. The number of hydrogen-bond donors (Lipinski definition) is 1. The number of nitrogens with zero attached hydrogens (tertiary/aromatic N) is 1. The fraction of sp³-hybridized carbons (Fsp3) is 0.273. The number of aromatic amines is 1. The van der Waals surface area contributed by atoms with Gasteiger partial charge in [0, 0.05) is 10.6 Å². The van der Waals surface area contributed by atoms with Crippen molar-refractivity contribution in [1.29, 1.82) is 5.26 Å². The van der Waals surface area contributed by atoms with Gasteiger partial charge >= 0.3 is 0 Å². The van der Waals surface area contributed by atoms with Crippen LogP contribution in [0.15, 0.2) is 27.8 Å². The standard InChI is InChI=1S/C11H8N2OS3/c12-4-6-5-16-10-9(17-11(15)13-10)8(6)7-2-1-3-14-7/h1-3,6,8H,5H2,(H,13,15). The summed E-state index contributed by atoms with van der Waals surface area (Å²) >= 11 is 8.38. The Kier molecular flexibility index (Phi) is 2.82. The molecule has 2 aromatic rings. The highest BCUT2D eigenvalue weighted by Gasteiger charge is 2.35. The lowest BCUT2D eigenvalue weighted by Crippen LogP contribution is -2.18. The molecule has 0 saturated carbocycles. The Balaban J connectivity index is 2.15. The minimum absolute atomic E-state index is 0.0178. The average molecular weight is 280 g/mol. The van der Waals surface area contributed by atoms with Gasteiger partial charge in [0.1, 0.15) is 5.76 Å². The molecule has 86 valence electrons. The van der Waals surface area contributed by atoms with E-state index >= 15 is 0 Å². The predicted molar refractivity (Wildman–Crippen MR) is 69.9 cm³/mol. The van der Waals surface area contributed by atoms with Crippen molar-refractivity contribution >= 4 is 35.3 Å². The van der Waals surface area contributed by atoms with E-state index in [1.54, 1.807) is 29.4 Å². The van der Waals surface area contributed by atoms with Crippen LogP contribution in [0, 0.1) is 21.2 Å². The van der Waals surface area contributed by atoms with Crippen molar-refractivity contribution in [2.45, 2.75) is 10.9 Å². The Morgan fingerprint density at radius 2 is 2.47 bits per heavy atom. The number of hydrogen-bond acceptors (Lipinski definition) is 5. The van der Waals surface area contributed by atoms with E-state index in [9.17, 15) is 5.26 Å². The van der Waals surface area contributed by atoms with Gasteiger partial charge in [-0.25, -0.2) is 0 Å². The Bertz CT molecular complexity index is 620. The molecule has 3 heterocycles. The predicted octanol–water partition coefficient (Wildman–Crippen LogP) is 3.78. The second kappa shape index (κ2) is 4.33. The first-order valence-electron chi connectivity index (χ1n) is 5.08. The lowest BCUT2D eigenvalue weighted by atomic mass is 9.91. The summed E-state index contributed by atoms with van der Waals surface area (Å²) in [5, 5.41) is 10.3. The summed E-state index contributed by atoms with van der Waals surface area (Å²) in [6.45, 7) is 0. The first-order chi connectivity index (χ1) is 8.29. The largest absolute Gasteiger partial charge is 0.469 e. The molecule has 0 amide bonds. The van der Waals surface area contributed by atoms with Gasteiger partial charge in [0.15, 0.2) is 3.95 Å². The van der Waals surface area contributed by atoms with E-state index in [2.05, 4.69) is 11.1 Å². The lowest BCUT2D eigenvalue weighted by molar-refractivity contribution is 0.452. The van der Waals surface area contributed by atoms with E-state index in [4.69, 9.17) is 16.6 Å². The monoisotopic (exact) mass is 280 g/mol. The summed E-state index contributed by atoms with van der Waals surface area (Å²) < 4.78 is 6.23. The van der Waals surface area contributed by atoms with Crippen LogP contribution in [-0.2, 0) is 0 Å². The number of furan rings is 1. The van der Waals surface area contributed by atoms with Gasteiger partial charge in [-0.05, 0) is 24.4 Å². The van der Waals surface area contributed by atoms with Crippen molar-refractivity contribution in [1.82, 2.24) is 4.98 Å². The summed E-state index contributed by atoms with van der Waals surface area (Å²) in [4.78, 5) is 4.31. The Hall–Kier alpha value is -1.03. The van der Waals surface area contributed by atoms with Crippen molar-refractivity contribution in [2.24, 2.45) is 5.92 Å². The molecule has 2 atom stereocenters. The fourth-order valence-electron chi connectivity index (χ4n) is 2.00. The minimum atomic E-state index is -0.0555. The van der Waals surface area contributed by atoms with Crippen LogP contribution < -0.4 is 0 Å². The molecule has 0 spiro atoms. The zero-order chi connectivity index (χ0) is 11.8. The topological polar surface area (TPSA) is 52.7 Å². The maximum absolute atomic E-state index is 9.26. The number of H-pyrrole nitrogens is 1. The van der Waals surface area contributed by atoms with Crippen LogP contribution in [0.1, 0.15) is 16.6 Å². The molecule has 0 saturated heterocycles.